The molecule has 0 aliphatic heterocycles. The molecule has 0 atom stereocenters. The number of anilines is 1. The summed E-state index contributed by atoms with van der Waals surface area (Å²) in [5, 5.41) is 8.17. The van der Waals surface area contributed by atoms with Crippen LogP contribution in [0.5, 0.6) is 0 Å². The van der Waals surface area contributed by atoms with Crippen LogP contribution < -0.4 is 4.72 Å². The van der Waals surface area contributed by atoms with Gasteiger partial charge in [-0.1, -0.05) is 23.2 Å². The number of benzene rings is 2. The number of aliphatic hydroxyl groups is 1. The lowest BCUT2D eigenvalue weighted by Crippen LogP contribution is -2.18. The van der Waals surface area contributed by atoms with E-state index in [1.807, 2.05) is 4.72 Å². The van der Waals surface area contributed by atoms with Crippen LogP contribution in [0.4, 0.5) is 18.9 Å². The summed E-state index contributed by atoms with van der Waals surface area (Å²) in [4.78, 5) is -1.27. The van der Waals surface area contributed by atoms with Gasteiger partial charge in [0.2, 0.25) is 0 Å². The van der Waals surface area contributed by atoms with Crippen LogP contribution in [0.15, 0.2) is 46.2 Å². The van der Waals surface area contributed by atoms with Crippen molar-refractivity contribution in [2.75, 3.05) is 17.1 Å². The van der Waals surface area contributed by atoms with E-state index in [1.54, 1.807) is 0 Å². The van der Waals surface area contributed by atoms with Crippen molar-refractivity contribution in [3.05, 3.63) is 52.0 Å². The standard InChI is InChI=1S/C15H12Cl2F3NO5S2/c16-9-1-4-14(27(23,24)6-5-22)13(7-9)21-28(25,26)10-2-3-12(17)11(8-10)15(18,19)20/h1-4,7-8,21-22H,5-6H2. The minimum atomic E-state index is -4.89. The minimum absolute atomic E-state index is 0.0206. The number of sulfone groups is 1. The van der Waals surface area contributed by atoms with Crippen molar-refractivity contribution in [1.82, 2.24) is 0 Å². The zero-order valence-corrected chi connectivity index (χ0v) is 16.8. The van der Waals surface area contributed by atoms with Gasteiger partial charge in [-0.25, -0.2) is 16.8 Å². The molecule has 2 aromatic carbocycles. The molecular weight excluding hydrogens is 466 g/mol. The zero-order valence-electron chi connectivity index (χ0n) is 13.7. The number of nitrogens with one attached hydrogen (secondary N) is 1. The average molecular weight is 478 g/mol. The summed E-state index contributed by atoms with van der Waals surface area (Å²) in [6.45, 7) is -0.719. The summed E-state index contributed by atoms with van der Waals surface area (Å²) in [6, 6.07) is 5.13. The van der Waals surface area contributed by atoms with Crippen LogP contribution in [-0.4, -0.2) is 34.3 Å². The van der Waals surface area contributed by atoms with Gasteiger partial charge in [0.05, 0.1) is 38.4 Å². The third-order valence-electron chi connectivity index (χ3n) is 3.43. The van der Waals surface area contributed by atoms with E-state index < -0.39 is 64.5 Å². The summed E-state index contributed by atoms with van der Waals surface area (Å²) in [7, 11) is -8.71. The molecule has 2 aromatic rings. The van der Waals surface area contributed by atoms with Crippen LogP contribution in [-0.2, 0) is 26.0 Å². The molecule has 0 saturated heterocycles. The molecule has 6 nitrogen and oxygen atoms in total. The lowest BCUT2D eigenvalue weighted by atomic mass is 10.2. The van der Waals surface area contributed by atoms with Crippen LogP contribution in [0.3, 0.4) is 0 Å². The van der Waals surface area contributed by atoms with Gasteiger partial charge in [-0.15, -0.1) is 0 Å². The number of hydrogen-bond acceptors (Lipinski definition) is 5. The van der Waals surface area contributed by atoms with E-state index in [2.05, 4.69) is 0 Å². The predicted molar refractivity (Wildman–Crippen MR) is 97.9 cm³/mol. The normalized spacial score (nSPS) is 12.8. The Morgan fingerprint density at radius 1 is 1.00 bits per heavy atom. The Hall–Kier alpha value is -1.53. The molecule has 154 valence electrons. The molecule has 0 heterocycles. The monoisotopic (exact) mass is 477 g/mol. The second-order valence-corrected chi connectivity index (χ2v) is 10.0. The number of sulfonamides is 1. The van der Waals surface area contributed by atoms with Crippen molar-refractivity contribution in [2.24, 2.45) is 0 Å². The Labute approximate surface area is 168 Å². The summed E-state index contributed by atoms with van der Waals surface area (Å²) in [6.07, 6.45) is -4.89. The van der Waals surface area contributed by atoms with Gasteiger partial charge in [-0.3, -0.25) is 4.72 Å². The highest BCUT2D eigenvalue weighted by molar-refractivity contribution is 7.93. The van der Waals surface area contributed by atoms with Crippen LogP contribution in [0.1, 0.15) is 5.56 Å². The lowest BCUT2D eigenvalue weighted by molar-refractivity contribution is -0.137. The molecule has 0 saturated carbocycles. The Morgan fingerprint density at radius 2 is 1.64 bits per heavy atom. The number of alkyl halides is 3. The van der Waals surface area contributed by atoms with Gasteiger partial charge < -0.3 is 5.11 Å². The number of halogens is 5. The number of rotatable bonds is 6. The van der Waals surface area contributed by atoms with Crippen molar-refractivity contribution in [2.45, 2.75) is 16.0 Å². The van der Waals surface area contributed by atoms with Crippen LogP contribution >= 0.6 is 23.2 Å². The molecule has 0 bridgehead atoms. The third kappa shape index (κ3) is 5.09. The Kier molecular flexibility index (Phi) is 6.56. The maximum absolute atomic E-state index is 13.0. The lowest BCUT2D eigenvalue weighted by Gasteiger charge is -2.15. The predicted octanol–water partition coefficient (Wildman–Crippen LogP) is 3.58. The van der Waals surface area contributed by atoms with E-state index in [-0.39, 0.29) is 5.02 Å². The second kappa shape index (κ2) is 8.07. The molecule has 0 amide bonds. The maximum Gasteiger partial charge on any atom is 0.417 e. The van der Waals surface area contributed by atoms with Gasteiger partial charge in [0, 0.05) is 5.02 Å². The van der Waals surface area contributed by atoms with Gasteiger partial charge in [0.15, 0.2) is 9.84 Å². The van der Waals surface area contributed by atoms with Crippen LogP contribution in [0, 0.1) is 0 Å². The maximum atomic E-state index is 13.0. The van der Waals surface area contributed by atoms with Crippen molar-refractivity contribution in [1.29, 1.82) is 0 Å². The molecule has 0 aliphatic carbocycles. The van der Waals surface area contributed by atoms with E-state index in [4.69, 9.17) is 28.3 Å². The van der Waals surface area contributed by atoms with E-state index in [1.165, 1.54) is 6.07 Å². The SMILES string of the molecule is O=S(=O)(CCO)c1ccc(Cl)cc1NS(=O)(=O)c1ccc(Cl)c(C(F)(F)F)c1. The van der Waals surface area contributed by atoms with E-state index in [0.717, 1.165) is 24.3 Å². The fraction of sp³-hybridized carbons (Fsp3) is 0.200. The third-order valence-corrected chi connectivity index (χ3v) is 7.11. The molecule has 2 N–H and O–H groups in total. The highest BCUT2D eigenvalue weighted by Crippen LogP contribution is 2.36. The van der Waals surface area contributed by atoms with Gasteiger partial charge in [0.25, 0.3) is 10.0 Å². The fourth-order valence-electron chi connectivity index (χ4n) is 2.18. The minimum Gasteiger partial charge on any atom is -0.395 e. The van der Waals surface area contributed by atoms with Gasteiger partial charge in [0.1, 0.15) is 0 Å². The first kappa shape index (κ1) is 22.8. The first-order valence-corrected chi connectivity index (χ1v) is 11.2. The molecule has 0 fully saturated rings. The highest BCUT2D eigenvalue weighted by atomic mass is 35.5. The molecule has 0 aromatic heterocycles. The van der Waals surface area contributed by atoms with Crippen LogP contribution in [0.25, 0.3) is 0 Å². The average Bonchev–Trinajstić information content (AvgIpc) is 2.53. The molecular formula is C15H12Cl2F3NO5S2. The Morgan fingerprint density at radius 3 is 2.21 bits per heavy atom. The highest BCUT2D eigenvalue weighted by Gasteiger charge is 2.34. The molecule has 0 aliphatic rings. The molecule has 0 unspecified atom stereocenters. The number of aliphatic hydroxyl groups excluding tert-OH is 1. The number of hydrogen-bond donors (Lipinski definition) is 2. The fourth-order valence-corrected chi connectivity index (χ4v) is 4.91. The largest absolute Gasteiger partial charge is 0.417 e. The summed E-state index contributed by atoms with van der Waals surface area (Å²) < 4.78 is 90.4. The van der Waals surface area contributed by atoms with Crippen molar-refractivity contribution < 1.29 is 35.1 Å². The molecule has 13 heteroatoms. The summed E-state index contributed by atoms with van der Waals surface area (Å²) in [5.74, 6) is -0.692. The van der Waals surface area contributed by atoms with E-state index >= 15 is 0 Å². The Bertz CT molecular complexity index is 1100. The summed E-state index contributed by atoms with van der Waals surface area (Å²) in [5.41, 5.74) is -1.83. The smallest absolute Gasteiger partial charge is 0.395 e. The quantitative estimate of drug-likeness (QED) is 0.661. The molecule has 2 rings (SSSR count). The van der Waals surface area contributed by atoms with E-state index in [0.29, 0.717) is 6.07 Å². The van der Waals surface area contributed by atoms with Crippen LogP contribution in [0.2, 0.25) is 10.0 Å². The van der Waals surface area contributed by atoms with E-state index in [9.17, 15) is 30.0 Å². The van der Waals surface area contributed by atoms with Crippen molar-refractivity contribution >= 4 is 48.7 Å². The summed E-state index contributed by atoms with van der Waals surface area (Å²) >= 11 is 11.3. The molecule has 0 radical (unpaired) electrons. The van der Waals surface area contributed by atoms with Gasteiger partial charge in [-0.2, -0.15) is 13.2 Å². The zero-order chi connectivity index (χ0) is 21.3. The van der Waals surface area contributed by atoms with Crippen molar-refractivity contribution in [3.8, 4) is 0 Å². The van der Waals surface area contributed by atoms with Gasteiger partial charge >= 0.3 is 6.18 Å². The van der Waals surface area contributed by atoms with Gasteiger partial charge in [-0.05, 0) is 36.4 Å². The molecule has 28 heavy (non-hydrogen) atoms. The first-order chi connectivity index (χ1) is 12.8. The van der Waals surface area contributed by atoms with Crippen molar-refractivity contribution in [3.63, 3.8) is 0 Å². The topological polar surface area (TPSA) is 101 Å². The first-order valence-electron chi connectivity index (χ1n) is 7.30. The molecule has 0 spiro atoms. The Balaban J connectivity index is 2.56. The second-order valence-electron chi connectivity index (χ2n) is 5.43.